The van der Waals surface area contributed by atoms with Crippen molar-refractivity contribution in [3.8, 4) is 0 Å². The smallest absolute Gasteiger partial charge is 0.124 e. The number of allylic oxidation sites excluding steroid dienone is 1. The molecule has 0 N–H and O–H groups in total. The Balaban J connectivity index is 3.50. The van der Waals surface area contributed by atoms with Crippen LogP contribution in [0.1, 0.15) is 20.8 Å². The Morgan fingerprint density at radius 3 is 2.33 bits per heavy atom. The second-order valence-electron chi connectivity index (χ2n) is 2.04. The maximum Gasteiger partial charge on any atom is 0.124 e. The number of halogens is 1. The van der Waals surface area contributed by atoms with Crippen LogP contribution in [0.5, 0.6) is 0 Å². The molecule has 0 heterocycles. The van der Waals surface area contributed by atoms with Crippen LogP contribution in [-0.2, 0) is 4.74 Å². The Labute approximate surface area is 55.5 Å². The third-order valence-corrected chi connectivity index (χ3v) is 0.975. The van der Waals surface area contributed by atoms with Gasteiger partial charge < -0.3 is 4.74 Å². The Morgan fingerprint density at radius 2 is 2.00 bits per heavy atom. The van der Waals surface area contributed by atoms with Gasteiger partial charge in [0.05, 0.1) is 6.61 Å². The van der Waals surface area contributed by atoms with Crippen molar-refractivity contribution in [3.63, 3.8) is 0 Å². The van der Waals surface area contributed by atoms with Crippen LogP contribution in [0.4, 0.5) is 4.39 Å². The SMILES string of the molecule is CCOCC(F)=C(C)C. The highest BCUT2D eigenvalue weighted by molar-refractivity contribution is 5.01. The van der Waals surface area contributed by atoms with Crippen molar-refractivity contribution in [1.82, 2.24) is 0 Å². The average molecular weight is 132 g/mol. The summed E-state index contributed by atoms with van der Waals surface area (Å²) in [5.74, 6) is -0.156. The van der Waals surface area contributed by atoms with Gasteiger partial charge >= 0.3 is 0 Å². The summed E-state index contributed by atoms with van der Waals surface area (Å²) in [5.41, 5.74) is 0.698. The van der Waals surface area contributed by atoms with Crippen molar-refractivity contribution < 1.29 is 9.13 Å². The van der Waals surface area contributed by atoms with Crippen LogP contribution in [0.15, 0.2) is 11.4 Å². The van der Waals surface area contributed by atoms with E-state index in [2.05, 4.69) is 0 Å². The first kappa shape index (κ1) is 8.63. The predicted molar refractivity (Wildman–Crippen MR) is 36.0 cm³/mol. The molecule has 0 atom stereocenters. The van der Waals surface area contributed by atoms with Crippen molar-refractivity contribution >= 4 is 0 Å². The van der Waals surface area contributed by atoms with Crippen LogP contribution in [0.25, 0.3) is 0 Å². The van der Waals surface area contributed by atoms with Crippen molar-refractivity contribution in [2.24, 2.45) is 0 Å². The molecule has 54 valence electrons. The van der Waals surface area contributed by atoms with E-state index in [1.54, 1.807) is 13.8 Å². The van der Waals surface area contributed by atoms with Gasteiger partial charge in [-0.15, -0.1) is 0 Å². The zero-order chi connectivity index (χ0) is 7.28. The van der Waals surface area contributed by atoms with E-state index in [9.17, 15) is 4.39 Å². The van der Waals surface area contributed by atoms with Gasteiger partial charge in [-0.05, 0) is 26.3 Å². The molecular formula is C7H13FO. The molecule has 0 fully saturated rings. The Kier molecular flexibility index (Phi) is 4.32. The van der Waals surface area contributed by atoms with Crippen LogP contribution in [0.2, 0.25) is 0 Å². The molecule has 0 aromatic heterocycles. The number of ether oxygens (including phenoxy) is 1. The van der Waals surface area contributed by atoms with E-state index in [1.165, 1.54) is 0 Å². The summed E-state index contributed by atoms with van der Waals surface area (Å²) in [6.45, 7) is 6.00. The van der Waals surface area contributed by atoms with E-state index in [1.807, 2.05) is 6.92 Å². The molecule has 0 rings (SSSR count). The lowest BCUT2D eigenvalue weighted by atomic mass is 10.3. The number of rotatable bonds is 3. The Bertz CT molecular complexity index is 103. The fraction of sp³-hybridized carbons (Fsp3) is 0.714. The van der Waals surface area contributed by atoms with Crippen LogP contribution >= 0.6 is 0 Å². The summed E-state index contributed by atoms with van der Waals surface area (Å²) >= 11 is 0. The van der Waals surface area contributed by atoms with Gasteiger partial charge in [0, 0.05) is 6.61 Å². The molecule has 0 bridgehead atoms. The van der Waals surface area contributed by atoms with Gasteiger partial charge in [-0.2, -0.15) is 0 Å². The molecule has 1 nitrogen and oxygen atoms in total. The summed E-state index contributed by atoms with van der Waals surface area (Å²) in [7, 11) is 0. The molecule has 0 aliphatic heterocycles. The monoisotopic (exact) mass is 132 g/mol. The molecule has 0 saturated carbocycles. The number of hydrogen-bond donors (Lipinski definition) is 0. The fourth-order valence-electron chi connectivity index (χ4n) is 0.336. The van der Waals surface area contributed by atoms with E-state index in [-0.39, 0.29) is 12.4 Å². The molecule has 0 aromatic rings. The van der Waals surface area contributed by atoms with Crippen LogP contribution in [-0.4, -0.2) is 13.2 Å². The summed E-state index contributed by atoms with van der Waals surface area (Å²) in [5, 5.41) is 0. The van der Waals surface area contributed by atoms with Gasteiger partial charge in [-0.25, -0.2) is 4.39 Å². The lowest BCUT2D eigenvalue weighted by Crippen LogP contribution is -1.94. The van der Waals surface area contributed by atoms with Gasteiger partial charge in [0.2, 0.25) is 0 Å². The lowest BCUT2D eigenvalue weighted by Gasteiger charge is -1.98. The van der Waals surface area contributed by atoms with Crippen LogP contribution in [0.3, 0.4) is 0 Å². The summed E-state index contributed by atoms with van der Waals surface area (Å²) < 4.78 is 17.3. The van der Waals surface area contributed by atoms with Crippen molar-refractivity contribution in [3.05, 3.63) is 11.4 Å². The van der Waals surface area contributed by atoms with E-state index in [0.717, 1.165) is 0 Å². The summed E-state index contributed by atoms with van der Waals surface area (Å²) in [6.07, 6.45) is 0. The first-order chi connectivity index (χ1) is 4.18. The van der Waals surface area contributed by atoms with Gasteiger partial charge in [0.25, 0.3) is 0 Å². The molecule has 9 heavy (non-hydrogen) atoms. The minimum Gasteiger partial charge on any atom is -0.375 e. The first-order valence-electron chi connectivity index (χ1n) is 3.08. The fourth-order valence-corrected chi connectivity index (χ4v) is 0.336. The van der Waals surface area contributed by atoms with E-state index >= 15 is 0 Å². The highest BCUT2D eigenvalue weighted by Gasteiger charge is 1.94. The van der Waals surface area contributed by atoms with Crippen LogP contribution in [0, 0.1) is 0 Å². The first-order valence-corrected chi connectivity index (χ1v) is 3.08. The van der Waals surface area contributed by atoms with Crippen LogP contribution < -0.4 is 0 Å². The summed E-state index contributed by atoms with van der Waals surface area (Å²) in [6, 6.07) is 0. The molecule has 0 saturated heterocycles. The Hall–Kier alpha value is -0.370. The molecular weight excluding hydrogens is 119 g/mol. The molecule has 0 radical (unpaired) electrons. The normalized spacial score (nSPS) is 9.33. The molecule has 0 unspecified atom stereocenters. The van der Waals surface area contributed by atoms with Gasteiger partial charge in [0.1, 0.15) is 5.83 Å². The standard InChI is InChI=1S/C7H13FO/c1-4-9-5-7(8)6(2)3/h4-5H2,1-3H3. The second kappa shape index (κ2) is 4.50. The highest BCUT2D eigenvalue weighted by atomic mass is 19.1. The predicted octanol–water partition coefficient (Wildman–Crippen LogP) is 2.29. The zero-order valence-corrected chi connectivity index (χ0v) is 6.20. The maximum absolute atomic E-state index is 12.5. The molecule has 2 heteroatoms. The quantitative estimate of drug-likeness (QED) is 0.572. The van der Waals surface area contributed by atoms with E-state index in [4.69, 9.17) is 4.74 Å². The van der Waals surface area contributed by atoms with Gasteiger partial charge in [0.15, 0.2) is 0 Å². The highest BCUT2D eigenvalue weighted by Crippen LogP contribution is 2.03. The molecule has 0 spiro atoms. The third-order valence-electron chi connectivity index (χ3n) is 0.975. The molecule has 0 aliphatic rings. The van der Waals surface area contributed by atoms with E-state index < -0.39 is 0 Å². The average Bonchev–Trinajstić information content (AvgIpc) is 1.82. The van der Waals surface area contributed by atoms with Crippen molar-refractivity contribution in [2.45, 2.75) is 20.8 Å². The molecule has 0 amide bonds. The third kappa shape index (κ3) is 4.15. The second-order valence-corrected chi connectivity index (χ2v) is 2.04. The lowest BCUT2D eigenvalue weighted by molar-refractivity contribution is 0.155. The minimum atomic E-state index is -0.156. The van der Waals surface area contributed by atoms with Crippen molar-refractivity contribution in [2.75, 3.05) is 13.2 Å². The zero-order valence-electron chi connectivity index (χ0n) is 6.20. The molecule has 0 aromatic carbocycles. The Morgan fingerprint density at radius 1 is 1.44 bits per heavy atom. The summed E-state index contributed by atoms with van der Waals surface area (Å²) in [4.78, 5) is 0. The van der Waals surface area contributed by atoms with Gasteiger partial charge in [-0.3, -0.25) is 0 Å². The van der Waals surface area contributed by atoms with Gasteiger partial charge in [-0.1, -0.05) is 0 Å². The maximum atomic E-state index is 12.5. The topological polar surface area (TPSA) is 9.23 Å². The van der Waals surface area contributed by atoms with E-state index in [0.29, 0.717) is 12.2 Å². The largest absolute Gasteiger partial charge is 0.375 e. The van der Waals surface area contributed by atoms with Crippen molar-refractivity contribution in [1.29, 1.82) is 0 Å². The molecule has 0 aliphatic carbocycles. The number of hydrogen-bond acceptors (Lipinski definition) is 1. The minimum absolute atomic E-state index is 0.124.